The van der Waals surface area contributed by atoms with Crippen LogP contribution in [-0.2, 0) is 19.1 Å². The summed E-state index contributed by atoms with van der Waals surface area (Å²) in [5.74, 6) is -1.06. The zero-order valence-corrected chi connectivity index (χ0v) is 45.9. The molecule has 0 radical (unpaired) electrons. The van der Waals surface area contributed by atoms with E-state index in [1.54, 1.807) is 23.5 Å². The molecule has 6 atom stereocenters. The molecule has 77 heavy (non-hydrogen) atoms. The fourth-order valence-electron chi connectivity index (χ4n) is 11.7. The van der Waals surface area contributed by atoms with E-state index < -0.39 is 41.2 Å². The van der Waals surface area contributed by atoms with Crippen LogP contribution in [0.4, 0.5) is 10.2 Å². The number of amides is 3. The van der Waals surface area contributed by atoms with E-state index in [0.717, 1.165) is 90.8 Å². The number of benzene rings is 4. The number of carbonyl (C=O) groups excluding carboxylic acids is 3. The zero-order chi connectivity index (χ0) is 54.1. The molecular formula is C58H69ClFN9O7S. The molecule has 2 aromatic heterocycles. The molecule has 4 aromatic carbocycles. The molecule has 3 aliphatic heterocycles. The van der Waals surface area contributed by atoms with Crippen molar-refractivity contribution in [3.05, 3.63) is 94.3 Å². The second-order valence-corrected chi connectivity index (χ2v) is 23.5. The number of anilines is 1. The summed E-state index contributed by atoms with van der Waals surface area (Å²) in [5, 5.41) is 33.0. The first kappa shape index (κ1) is 54.3. The van der Waals surface area contributed by atoms with Gasteiger partial charge in [0.25, 0.3) is 0 Å². The van der Waals surface area contributed by atoms with Crippen molar-refractivity contribution in [1.29, 1.82) is 0 Å². The van der Waals surface area contributed by atoms with Crippen molar-refractivity contribution >= 4 is 68.2 Å². The van der Waals surface area contributed by atoms with Crippen molar-refractivity contribution in [2.75, 3.05) is 63.9 Å². The number of phenols is 1. The standard InChI is InChI=1S/C58H69ClFN9O7S/c1-33(36-13-15-37(16-14-36)52-34(2)62-32-77-52)63-55(73)46-27-40(71)29-69(46)56(74)53(58(3,4)5)64-48(72)31-75-30-35-17-21-67(22-18-35)45-11-8-12-47(45)76-57-65-51-43(54(66-57)68-23-19-61-20-24-68)28-44(59)49(50(51)60)42-26-39(70)25-38-9-6-7-10-41(38)42/h6-7,9-10,13-16,25-26,28,32-33,35,40,45-47,53,61,70-71H,8,11-12,17-24,27,29-31H2,1-5H3,(H,63,73)(H,64,72)/t33-,40+,45+,46-,47+,53+/m0/s1. The molecule has 408 valence electrons. The van der Waals surface area contributed by atoms with Gasteiger partial charge in [-0.1, -0.05) is 80.9 Å². The number of phenolic OH excluding ortho intramolecular Hbond substituents is 1. The van der Waals surface area contributed by atoms with Gasteiger partial charge in [0.15, 0.2) is 5.82 Å². The van der Waals surface area contributed by atoms with Gasteiger partial charge in [-0.15, -0.1) is 11.3 Å². The topological polar surface area (TPSA) is 195 Å². The van der Waals surface area contributed by atoms with E-state index >= 15 is 4.39 Å². The number of fused-ring (bicyclic) bond motifs is 2. The third-order valence-corrected chi connectivity index (χ3v) is 17.1. The van der Waals surface area contributed by atoms with E-state index in [2.05, 4.69) is 30.7 Å². The number of likely N-dealkylation sites (tertiary alicyclic amines) is 2. The summed E-state index contributed by atoms with van der Waals surface area (Å²) < 4.78 is 29.9. The Hall–Kier alpha value is -6.02. The molecule has 1 aliphatic carbocycles. The van der Waals surface area contributed by atoms with Crippen LogP contribution in [-0.4, -0.2) is 142 Å². The first-order valence-electron chi connectivity index (χ1n) is 27.0. The molecule has 3 saturated heterocycles. The molecule has 1 saturated carbocycles. The Bertz CT molecular complexity index is 3120. The summed E-state index contributed by atoms with van der Waals surface area (Å²) in [5.41, 5.74) is 4.73. The number of carbonyl (C=O) groups is 3. The minimum Gasteiger partial charge on any atom is -0.508 e. The van der Waals surface area contributed by atoms with Gasteiger partial charge in [-0.3, -0.25) is 19.3 Å². The Balaban J connectivity index is 0.744. The molecule has 4 aliphatic rings. The number of piperidine rings is 1. The number of piperazine rings is 1. The van der Waals surface area contributed by atoms with Gasteiger partial charge in [-0.05, 0) is 116 Å². The smallest absolute Gasteiger partial charge is 0.319 e. The summed E-state index contributed by atoms with van der Waals surface area (Å²) in [4.78, 5) is 62.8. The van der Waals surface area contributed by atoms with Crippen LogP contribution in [0.5, 0.6) is 11.8 Å². The SMILES string of the molecule is Cc1ncsc1-c1ccc([C@H](C)NC(=O)[C@@H]2C[C@@H](O)CN2C(=O)[C@@H](NC(=O)COCC2CCN([C@@H]3CCC[C@H]3Oc3nc(N4CCNCC4)c4cc(Cl)c(-c5cc(O)cc6ccccc56)c(F)c4n3)CC2)C(C)(C)C)cc1. The normalized spacial score (nSPS) is 21.4. The van der Waals surface area contributed by atoms with Crippen LogP contribution in [0.3, 0.4) is 0 Å². The molecular weight excluding hydrogens is 1020 g/mol. The van der Waals surface area contributed by atoms with E-state index in [0.29, 0.717) is 36.5 Å². The quantitative estimate of drug-likeness (QED) is 0.0662. The van der Waals surface area contributed by atoms with Gasteiger partial charge in [-0.25, -0.2) is 9.37 Å². The summed E-state index contributed by atoms with van der Waals surface area (Å²) in [6, 6.07) is 18.3. The highest BCUT2D eigenvalue weighted by Gasteiger charge is 2.45. The minimum absolute atomic E-state index is 0.000492. The lowest BCUT2D eigenvalue weighted by atomic mass is 9.85. The van der Waals surface area contributed by atoms with Gasteiger partial charge in [0.1, 0.15) is 41.9 Å². The summed E-state index contributed by atoms with van der Waals surface area (Å²) in [6.45, 7) is 14.0. The number of nitrogens with zero attached hydrogens (tertiary/aromatic N) is 6. The Morgan fingerprint density at radius 1 is 0.961 bits per heavy atom. The average Bonchev–Trinajstić information content (AvgIpc) is 4.20. The van der Waals surface area contributed by atoms with Crippen molar-refractivity contribution in [3.63, 3.8) is 0 Å². The predicted molar refractivity (Wildman–Crippen MR) is 298 cm³/mol. The number of aromatic hydroxyl groups is 1. The van der Waals surface area contributed by atoms with Crippen molar-refractivity contribution in [2.24, 2.45) is 11.3 Å². The predicted octanol–water partition coefficient (Wildman–Crippen LogP) is 8.19. The molecule has 0 unspecified atom stereocenters. The Morgan fingerprint density at radius 3 is 2.44 bits per heavy atom. The average molecular weight is 1090 g/mol. The van der Waals surface area contributed by atoms with Gasteiger partial charge in [0.05, 0.1) is 39.9 Å². The molecule has 16 nitrogen and oxygen atoms in total. The number of hydrogen-bond acceptors (Lipinski definition) is 14. The van der Waals surface area contributed by atoms with Gasteiger partial charge in [0.2, 0.25) is 17.7 Å². The Morgan fingerprint density at radius 2 is 1.71 bits per heavy atom. The lowest BCUT2D eigenvalue weighted by molar-refractivity contribution is -0.144. The van der Waals surface area contributed by atoms with Crippen molar-refractivity contribution in [2.45, 2.75) is 110 Å². The molecule has 0 spiro atoms. The summed E-state index contributed by atoms with van der Waals surface area (Å²) >= 11 is 8.53. The van der Waals surface area contributed by atoms with E-state index in [1.807, 2.05) is 88.7 Å². The molecule has 3 amide bonds. The van der Waals surface area contributed by atoms with Crippen LogP contribution in [0.1, 0.15) is 83.5 Å². The van der Waals surface area contributed by atoms with E-state index in [4.69, 9.17) is 31.0 Å². The maximum Gasteiger partial charge on any atom is 0.319 e. The Labute approximate surface area is 457 Å². The highest BCUT2D eigenvalue weighted by Crippen LogP contribution is 2.43. The number of aryl methyl sites for hydroxylation is 1. The lowest BCUT2D eigenvalue weighted by Crippen LogP contribution is -2.58. The first-order valence-corrected chi connectivity index (χ1v) is 28.2. The van der Waals surface area contributed by atoms with Crippen LogP contribution in [0.2, 0.25) is 5.02 Å². The number of hydrogen-bond donors (Lipinski definition) is 5. The highest BCUT2D eigenvalue weighted by molar-refractivity contribution is 7.13. The van der Waals surface area contributed by atoms with Crippen LogP contribution >= 0.6 is 22.9 Å². The van der Waals surface area contributed by atoms with Crippen LogP contribution in [0.15, 0.2) is 72.2 Å². The van der Waals surface area contributed by atoms with Gasteiger partial charge in [-0.2, -0.15) is 9.97 Å². The first-order chi connectivity index (χ1) is 37.0. The van der Waals surface area contributed by atoms with Crippen molar-refractivity contribution < 1.29 is 38.5 Å². The van der Waals surface area contributed by atoms with Crippen molar-refractivity contribution in [3.8, 4) is 33.3 Å². The zero-order valence-electron chi connectivity index (χ0n) is 44.4. The van der Waals surface area contributed by atoms with E-state index in [-0.39, 0.29) is 77.4 Å². The number of thiazole rings is 1. The molecule has 5 heterocycles. The number of nitrogens with one attached hydrogen (secondary N) is 3. The molecule has 0 bridgehead atoms. The van der Waals surface area contributed by atoms with Crippen LogP contribution < -0.4 is 25.6 Å². The lowest BCUT2D eigenvalue weighted by Gasteiger charge is -2.38. The molecule has 5 N–H and O–H groups in total. The summed E-state index contributed by atoms with van der Waals surface area (Å²) in [7, 11) is 0. The number of β-amino-alcohol motifs (C(OH)–C–C–N with tert-alkyl or cyclic N) is 1. The van der Waals surface area contributed by atoms with Crippen molar-refractivity contribution in [1.82, 2.24) is 40.7 Å². The van der Waals surface area contributed by atoms with E-state index in [9.17, 15) is 24.6 Å². The molecule has 6 aromatic rings. The van der Waals surface area contributed by atoms with Crippen LogP contribution in [0, 0.1) is 24.1 Å². The highest BCUT2D eigenvalue weighted by atomic mass is 35.5. The summed E-state index contributed by atoms with van der Waals surface area (Å²) in [6.07, 6.45) is 3.36. The van der Waals surface area contributed by atoms with Gasteiger partial charge in [0, 0.05) is 56.1 Å². The Kier molecular flexibility index (Phi) is 16.3. The number of aliphatic hydroxyl groups is 1. The second-order valence-electron chi connectivity index (χ2n) is 22.3. The maximum absolute atomic E-state index is 17.2. The fourth-order valence-corrected chi connectivity index (χ4v) is 12.8. The maximum atomic E-state index is 17.2. The number of aliphatic hydroxyl groups excluding tert-OH is 1. The van der Waals surface area contributed by atoms with Gasteiger partial charge >= 0.3 is 6.01 Å². The van der Waals surface area contributed by atoms with Crippen LogP contribution in [0.25, 0.3) is 43.2 Å². The third-order valence-electron chi connectivity index (χ3n) is 15.8. The fraction of sp³-hybridized carbons (Fsp3) is 0.483. The second kappa shape index (κ2) is 23.1. The minimum atomic E-state index is -0.974. The monoisotopic (exact) mass is 1090 g/mol. The van der Waals surface area contributed by atoms with E-state index in [1.165, 1.54) is 11.0 Å². The largest absolute Gasteiger partial charge is 0.508 e. The number of halogens is 2. The third kappa shape index (κ3) is 11.9. The number of rotatable bonds is 15. The number of ether oxygens (including phenoxy) is 2. The molecule has 10 rings (SSSR count). The van der Waals surface area contributed by atoms with Gasteiger partial charge < -0.3 is 45.4 Å². The molecule has 19 heteroatoms. The molecule has 4 fully saturated rings. The number of aromatic nitrogens is 3.